The number of nitrogens with one attached hydrogen (secondary N) is 2. The van der Waals surface area contributed by atoms with E-state index in [-0.39, 0.29) is 18.2 Å². The van der Waals surface area contributed by atoms with Crippen molar-refractivity contribution in [3.8, 4) is 6.07 Å². The predicted octanol–water partition coefficient (Wildman–Crippen LogP) is 3.81. The molecule has 1 aromatic carbocycles. The number of ether oxygens (including phenoxy) is 1. The second kappa shape index (κ2) is 7.36. The minimum absolute atomic E-state index is 0.121. The van der Waals surface area contributed by atoms with Crippen LogP contribution in [-0.4, -0.2) is 23.8 Å². The Morgan fingerprint density at radius 2 is 2.04 bits per heavy atom. The fourth-order valence-corrected chi connectivity index (χ4v) is 2.84. The van der Waals surface area contributed by atoms with Crippen LogP contribution in [0.4, 0.5) is 10.5 Å². The lowest BCUT2D eigenvalue weighted by Crippen LogP contribution is -2.43. The average molecular weight is 315 g/mol. The van der Waals surface area contributed by atoms with Crippen LogP contribution >= 0.6 is 0 Å². The monoisotopic (exact) mass is 315 g/mol. The van der Waals surface area contributed by atoms with E-state index >= 15 is 0 Å². The van der Waals surface area contributed by atoms with Crippen LogP contribution in [0.1, 0.15) is 52.0 Å². The lowest BCUT2D eigenvalue weighted by atomic mass is 9.91. The summed E-state index contributed by atoms with van der Waals surface area (Å²) in [5.41, 5.74) is 1.12. The quantitative estimate of drug-likeness (QED) is 0.889. The highest BCUT2D eigenvalue weighted by Gasteiger charge is 2.25. The Hall–Kier alpha value is -2.22. The molecular formula is C18H25N3O2. The molecule has 0 saturated heterocycles. The lowest BCUT2D eigenvalue weighted by molar-refractivity contribution is 0.0492. The average Bonchev–Trinajstić information content (AvgIpc) is 2.45. The number of hydrogen-bond acceptors (Lipinski definition) is 4. The van der Waals surface area contributed by atoms with Crippen molar-refractivity contribution >= 4 is 11.8 Å². The Kier molecular flexibility index (Phi) is 5.49. The van der Waals surface area contributed by atoms with Crippen LogP contribution in [-0.2, 0) is 4.74 Å². The van der Waals surface area contributed by atoms with Crippen molar-refractivity contribution in [2.24, 2.45) is 0 Å². The highest BCUT2D eigenvalue weighted by Crippen LogP contribution is 2.23. The Balaban J connectivity index is 1.88. The Labute approximate surface area is 138 Å². The molecule has 5 nitrogen and oxygen atoms in total. The largest absolute Gasteiger partial charge is 0.444 e. The Bertz CT molecular complexity index is 587. The molecule has 124 valence electrons. The number of amides is 1. The molecule has 1 saturated carbocycles. The molecule has 23 heavy (non-hydrogen) atoms. The molecule has 5 heteroatoms. The van der Waals surface area contributed by atoms with E-state index in [1.54, 1.807) is 6.07 Å². The first-order valence-electron chi connectivity index (χ1n) is 8.12. The molecule has 2 unspecified atom stereocenters. The molecule has 1 aromatic rings. The summed E-state index contributed by atoms with van der Waals surface area (Å²) < 4.78 is 5.32. The predicted molar refractivity (Wildman–Crippen MR) is 90.2 cm³/mol. The fourth-order valence-electron chi connectivity index (χ4n) is 2.84. The molecule has 0 heterocycles. The maximum absolute atomic E-state index is 11.9. The first-order valence-corrected chi connectivity index (χ1v) is 8.12. The minimum Gasteiger partial charge on any atom is -0.444 e. The van der Waals surface area contributed by atoms with Crippen molar-refractivity contribution < 1.29 is 9.53 Å². The number of carbonyl (C=O) groups is 1. The fraction of sp³-hybridized carbons (Fsp3) is 0.556. The summed E-state index contributed by atoms with van der Waals surface area (Å²) in [7, 11) is 0. The SMILES string of the molecule is CC(C)(C)OC(=O)NC1CCCC(Nc2cccc(C#N)c2)C1. The number of hydrogen-bond donors (Lipinski definition) is 2. The molecule has 1 fully saturated rings. The van der Waals surface area contributed by atoms with Crippen molar-refractivity contribution in [3.63, 3.8) is 0 Å². The molecule has 0 radical (unpaired) electrons. The van der Waals surface area contributed by atoms with Gasteiger partial charge in [-0.15, -0.1) is 0 Å². The lowest BCUT2D eigenvalue weighted by Gasteiger charge is -2.31. The van der Waals surface area contributed by atoms with Crippen molar-refractivity contribution in [3.05, 3.63) is 29.8 Å². The normalized spacial score (nSPS) is 21.1. The zero-order chi connectivity index (χ0) is 16.9. The van der Waals surface area contributed by atoms with Gasteiger partial charge in [-0.1, -0.05) is 6.07 Å². The van der Waals surface area contributed by atoms with Gasteiger partial charge in [0, 0.05) is 17.8 Å². The molecule has 0 aliphatic heterocycles. The van der Waals surface area contributed by atoms with Gasteiger partial charge in [0.1, 0.15) is 5.60 Å². The number of rotatable bonds is 3. The van der Waals surface area contributed by atoms with E-state index in [9.17, 15) is 4.79 Å². The minimum atomic E-state index is -0.478. The number of nitrogens with zero attached hydrogens (tertiary/aromatic N) is 1. The molecule has 1 aliphatic rings. The summed E-state index contributed by atoms with van der Waals surface area (Å²) in [5.74, 6) is 0. The van der Waals surface area contributed by atoms with Crippen LogP contribution in [0.25, 0.3) is 0 Å². The number of nitriles is 1. The van der Waals surface area contributed by atoms with Gasteiger partial charge in [-0.3, -0.25) is 0 Å². The second-order valence-corrected chi connectivity index (χ2v) is 7.04. The van der Waals surface area contributed by atoms with Crippen molar-refractivity contribution in [1.82, 2.24) is 5.32 Å². The summed E-state index contributed by atoms with van der Waals surface area (Å²) >= 11 is 0. The third kappa shape index (κ3) is 5.82. The van der Waals surface area contributed by atoms with Crippen LogP contribution in [0.3, 0.4) is 0 Å². The van der Waals surface area contributed by atoms with Gasteiger partial charge in [0.15, 0.2) is 0 Å². The number of alkyl carbamates (subject to hydrolysis) is 1. The van der Waals surface area contributed by atoms with Crippen LogP contribution < -0.4 is 10.6 Å². The topological polar surface area (TPSA) is 74.2 Å². The maximum atomic E-state index is 11.9. The Morgan fingerprint density at radius 1 is 1.30 bits per heavy atom. The third-order valence-corrected chi connectivity index (χ3v) is 3.76. The van der Waals surface area contributed by atoms with Crippen molar-refractivity contribution in [2.75, 3.05) is 5.32 Å². The summed E-state index contributed by atoms with van der Waals surface area (Å²) in [6.45, 7) is 5.58. The zero-order valence-electron chi connectivity index (χ0n) is 14.1. The van der Waals surface area contributed by atoms with E-state index in [0.29, 0.717) is 5.56 Å². The molecule has 0 aromatic heterocycles. The molecule has 0 spiro atoms. The molecular weight excluding hydrogens is 290 g/mol. The number of benzene rings is 1. The van der Waals surface area contributed by atoms with Gasteiger partial charge in [-0.05, 0) is 64.7 Å². The maximum Gasteiger partial charge on any atom is 0.407 e. The van der Waals surface area contributed by atoms with Gasteiger partial charge in [0.25, 0.3) is 0 Å². The first-order chi connectivity index (χ1) is 10.9. The van der Waals surface area contributed by atoms with Gasteiger partial charge >= 0.3 is 6.09 Å². The van der Waals surface area contributed by atoms with E-state index in [0.717, 1.165) is 31.4 Å². The number of carbonyl (C=O) groups excluding carboxylic acids is 1. The Morgan fingerprint density at radius 3 is 2.74 bits per heavy atom. The third-order valence-electron chi connectivity index (χ3n) is 3.76. The van der Waals surface area contributed by atoms with E-state index in [4.69, 9.17) is 10.00 Å². The van der Waals surface area contributed by atoms with Crippen LogP contribution in [0.2, 0.25) is 0 Å². The summed E-state index contributed by atoms with van der Waals surface area (Å²) in [4.78, 5) is 11.9. The summed E-state index contributed by atoms with van der Waals surface area (Å²) in [5, 5.41) is 15.4. The molecule has 1 amide bonds. The molecule has 2 N–H and O–H groups in total. The highest BCUT2D eigenvalue weighted by molar-refractivity contribution is 5.68. The summed E-state index contributed by atoms with van der Waals surface area (Å²) in [6, 6.07) is 10.0. The van der Waals surface area contributed by atoms with Crippen molar-refractivity contribution in [2.45, 2.75) is 64.1 Å². The smallest absolute Gasteiger partial charge is 0.407 e. The van der Waals surface area contributed by atoms with E-state index in [1.165, 1.54) is 0 Å². The van der Waals surface area contributed by atoms with Crippen LogP contribution in [0.15, 0.2) is 24.3 Å². The van der Waals surface area contributed by atoms with Crippen molar-refractivity contribution in [1.29, 1.82) is 5.26 Å². The number of anilines is 1. The summed E-state index contributed by atoms with van der Waals surface area (Å²) in [6.07, 6.45) is 3.58. The van der Waals surface area contributed by atoms with E-state index in [2.05, 4.69) is 16.7 Å². The van der Waals surface area contributed by atoms with Crippen LogP contribution in [0, 0.1) is 11.3 Å². The van der Waals surface area contributed by atoms with Gasteiger partial charge in [-0.25, -0.2) is 4.79 Å². The van der Waals surface area contributed by atoms with Gasteiger partial charge in [-0.2, -0.15) is 5.26 Å². The van der Waals surface area contributed by atoms with Crippen LogP contribution in [0.5, 0.6) is 0 Å². The molecule has 2 atom stereocenters. The second-order valence-electron chi connectivity index (χ2n) is 7.04. The zero-order valence-corrected chi connectivity index (χ0v) is 14.1. The van der Waals surface area contributed by atoms with Gasteiger partial charge in [0.05, 0.1) is 11.6 Å². The molecule has 1 aliphatic carbocycles. The van der Waals surface area contributed by atoms with Gasteiger partial charge in [0.2, 0.25) is 0 Å². The highest BCUT2D eigenvalue weighted by atomic mass is 16.6. The molecule has 0 bridgehead atoms. The van der Waals surface area contributed by atoms with E-state index < -0.39 is 5.60 Å². The molecule has 2 rings (SSSR count). The van der Waals surface area contributed by atoms with Gasteiger partial charge < -0.3 is 15.4 Å². The first kappa shape index (κ1) is 17.1. The standard InChI is InChI=1S/C18H25N3O2/c1-18(2,3)23-17(22)21-16-9-5-8-15(11-16)20-14-7-4-6-13(10-14)12-19/h4,6-7,10,15-16,20H,5,8-9,11H2,1-3H3,(H,21,22). The van der Waals surface area contributed by atoms with E-state index in [1.807, 2.05) is 39.0 Å².